The molecule has 4 rings (SSSR count). The van der Waals surface area contributed by atoms with Gasteiger partial charge in [0, 0.05) is 30.9 Å². The standard InChI is InChI=1S/C22H22N4O3S/c27-20(24-13-17-8-4-10-23-12-17)18-15-30-21(25-18)19-9-5-11-26(19)22(28)29-14-16-6-2-1-3-7-16/h1-4,6-8,10,12,15,19H,5,9,11,13-14H2,(H,24,27)/t19-/m0/s1. The van der Waals surface area contributed by atoms with Gasteiger partial charge in [0.1, 0.15) is 17.3 Å². The van der Waals surface area contributed by atoms with Gasteiger partial charge in [0.2, 0.25) is 0 Å². The minimum atomic E-state index is -0.348. The molecular weight excluding hydrogens is 400 g/mol. The van der Waals surface area contributed by atoms with Gasteiger partial charge in [0.05, 0.1) is 6.04 Å². The summed E-state index contributed by atoms with van der Waals surface area (Å²) in [5, 5.41) is 5.35. The SMILES string of the molecule is O=C(NCc1cccnc1)c1csc([C@@H]2CCCN2C(=O)OCc2ccccc2)n1. The third kappa shape index (κ3) is 4.83. The van der Waals surface area contributed by atoms with E-state index in [0.717, 1.165) is 29.0 Å². The number of carbonyl (C=O) groups excluding carboxylic acids is 2. The lowest BCUT2D eigenvalue weighted by atomic mass is 10.2. The first kappa shape index (κ1) is 20.0. The number of aromatic nitrogens is 2. The van der Waals surface area contributed by atoms with E-state index in [-0.39, 0.29) is 24.6 Å². The molecule has 8 heteroatoms. The Morgan fingerprint density at radius 1 is 1.17 bits per heavy atom. The Bertz CT molecular complexity index is 994. The lowest BCUT2D eigenvalue weighted by molar-refractivity contribution is 0.0920. The highest BCUT2D eigenvalue weighted by Gasteiger charge is 2.33. The molecule has 1 N–H and O–H groups in total. The molecular formula is C22H22N4O3S. The first-order valence-corrected chi connectivity index (χ1v) is 10.7. The summed E-state index contributed by atoms with van der Waals surface area (Å²) < 4.78 is 5.48. The van der Waals surface area contributed by atoms with Crippen molar-refractivity contribution in [3.05, 3.63) is 82.1 Å². The molecule has 0 aliphatic carbocycles. The number of ether oxygens (including phenoxy) is 1. The maximum absolute atomic E-state index is 12.6. The molecule has 2 amide bonds. The quantitative estimate of drug-likeness (QED) is 0.650. The van der Waals surface area contributed by atoms with Crippen LogP contribution in [0.1, 0.15) is 45.5 Å². The molecule has 0 unspecified atom stereocenters. The minimum absolute atomic E-state index is 0.154. The van der Waals surface area contributed by atoms with E-state index in [0.29, 0.717) is 18.8 Å². The second-order valence-corrected chi connectivity index (χ2v) is 7.90. The van der Waals surface area contributed by atoms with Crippen molar-refractivity contribution in [2.75, 3.05) is 6.54 Å². The zero-order chi connectivity index (χ0) is 20.8. The van der Waals surface area contributed by atoms with Crippen LogP contribution in [0.15, 0.2) is 60.2 Å². The highest BCUT2D eigenvalue weighted by atomic mass is 32.1. The lowest BCUT2D eigenvalue weighted by Crippen LogP contribution is -2.31. The molecule has 1 atom stereocenters. The number of amides is 2. The Balaban J connectivity index is 1.35. The Labute approximate surface area is 178 Å². The van der Waals surface area contributed by atoms with Crippen LogP contribution in [0.2, 0.25) is 0 Å². The van der Waals surface area contributed by atoms with Crippen LogP contribution in [-0.4, -0.2) is 33.4 Å². The fraction of sp³-hybridized carbons (Fsp3) is 0.273. The Morgan fingerprint density at radius 2 is 2.00 bits per heavy atom. The van der Waals surface area contributed by atoms with Crippen molar-refractivity contribution in [1.29, 1.82) is 0 Å². The molecule has 0 bridgehead atoms. The molecule has 30 heavy (non-hydrogen) atoms. The van der Waals surface area contributed by atoms with Crippen LogP contribution in [0.25, 0.3) is 0 Å². The molecule has 0 spiro atoms. The number of nitrogens with one attached hydrogen (secondary N) is 1. The summed E-state index contributed by atoms with van der Waals surface area (Å²) in [5.41, 5.74) is 2.23. The average Bonchev–Trinajstić information content (AvgIpc) is 3.47. The van der Waals surface area contributed by atoms with Gasteiger partial charge in [-0.05, 0) is 30.0 Å². The molecule has 154 valence electrons. The Morgan fingerprint density at radius 3 is 2.80 bits per heavy atom. The van der Waals surface area contributed by atoms with Crippen LogP contribution in [0.3, 0.4) is 0 Å². The molecule has 7 nitrogen and oxygen atoms in total. The summed E-state index contributed by atoms with van der Waals surface area (Å²) in [4.78, 5) is 35.3. The summed E-state index contributed by atoms with van der Waals surface area (Å²) in [5.74, 6) is -0.238. The van der Waals surface area contributed by atoms with Crippen LogP contribution in [0, 0.1) is 0 Å². The third-order valence-electron chi connectivity index (χ3n) is 4.91. The summed E-state index contributed by atoms with van der Waals surface area (Å²) in [6.45, 7) is 1.25. The minimum Gasteiger partial charge on any atom is -0.445 e. The van der Waals surface area contributed by atoms with Crippen molar-refractivity contribution in [1.82, 2.24) is 20.2 Å². The van der Waals surface area contributed by atoms with Crippen LogP contribution in [0.4, 0.5) is 4.79 Å². The van der Waals surface area contributed by atoms with Gasteiger partial charge in [0.15, 0.2) is 0 Å². The van der Waals surface area contributed by atoms with Crippen LogP contribution < -0.4 is 5.32 Å². The average molecular weight is 423 g/mol. The molecule has 1 saturated heterocycles. The third-order valence-corrected chi connectivity index (χ3v) is 5.85. The molecule has 1 aliphatic rings. The van der Waals surface area contributed by atoms with Crippen LogP contribution in [0.5, 0.6) is 0 Å². The number of hydrogen-bond donors (Lipinski definition) is 1. The van der Waals surface area contributed by atoms with Gasteiger partial charge in [-0.2, -0.15) is 0 Å². The topological polar surface area (TPSA) is 84.4 Å². The van der Waals surface area contributed by atoms with Crippen molar-refractivity contribution in [3.63, 3.8) is 0 Å². The molecule has 2 aromatic heterocycles. The highest BCUT2D eigenvalue weighted by molar-refractivity contribution is 7.09. The maximum atomic E-state index is 12.6. The van der Waals surface area contributed by atoms with Gasteiger partial charge in [-0.25, -0.2) is 9.78 Å². The molecule has 3 aromatic rings. The predicted octanol–water partition coefficient (Wildman–Crippen LogP) is 3.94. The van der Waals surface area contributed by atoms with Crippen molar-refractivity contribution >= 4 is 23.3 Å². The zero-order valence-electron chi connectivity index (χ0n) is 16.4. The van der Waals surface area contributed by atoms with Gasteiger partial charge in [-0.3, -0.25) is 14.7 Å². The lowest BCUT2D eigenvalue weighted by Gasteiger charge is -2.22. The summed E-state index contributed by atoms with van der Waals surface area (Å²) >= 11 is 1.40. The van der Waals surface area contributed by atoms with Crippen molar-refractivity contribution in [2.24, 2.45) is 0 Å². The number of nitrogens with zero attached hydrogens (tertiary/aromatic N) is 3. The Hall–Kier alpha value is -3.26. The molecule has 1 aromatic carbocycles. The van der Waals surface area contributed by atoms with Crippen molar-refractivity contribution in [3.8, 4) is 0 Å². The van der Waals surface area contributed by atoms with Gasteiger partial charge >= 0.3 is 6.09 Å². The fourth-order valence-corrected chi connectivity index (χ4v) is 4.31. The number of benzene rings is 1. The number of hydrogen-bond acceptors (Lipinski definition) is 6. The van der Waals surface area contributed by atoms with E-state index in [4.69, 9.17) is 4.74 Å². The number of likely N-dealkylation sites (tertiary alicyclic amines) is 1. The van der Waals surface area contributed by atoms with E-state index < -0.39 is 0 Å². The largest absolute Gasteiger partial charge is 0.445 e. The van der Waals surface area contributed by atoms with E-state index in [1.165, 1.54) is 11.3 Å². The fourth-order valence-electron chi connectivity index (χ4n) is 3.36. The first-order chi connectivity index (χ1) is 14.7. The molecule has 1 fully saturated rings. The summed E-state index contributed by atoms with van der Waals surface area (Å²) in [6.07, 6.45) is 4.75. The smallest absolute Gasteiger partial charge is 0.410 e. The van der Waals surface area contributed by atoms with Gasteiger partial charge in [0.25, 0.3) is 5.91 Å². The second kappa shape index (κ2) is 9.49. The number of pyridine rings is 1. The monoisotopic (exact) mass is 422 g/mol. The maximum Gasteiger partial charge on any atom is 0.410 e. The number of thiazole rings is 1. The predicted molar refractivity (Wildman–Crippen MR) is 113 cm³/mol. The first-order valence-electron chi connectivity index (χ1n) is 9.80. The Kier molecular flexibility index (Phi) is 6.34. The zero-order valence-corrected chi connectivity index (χ0v) is 17.2. The van der Waals surface area contributed by atoms with E-state index in [9.17, 15) is 9.59 Å². The number of carbonyl (C=O) groups is 2. The van der Waals surface area contributed by atoms with E-state index >= 15 is 0 Å². The van der Waals surface area contributed by atoms with Crippen LogP contribution >= 0.6 is 11.3 Å². The van der Waals surface area contributed by atoms with Gasteiger partial charge in [-0.1, -0.05) is 36.4 Å². The van der Waals surface area contributed by atoms with Gasteiger partial charge < -0.3 is 10.1 Å². The van der Waals surface area contributed by atoms with Crippen molar-refractivity contribution < 1.29 is 14.3 Å². The van der Waals surface area contributed by atoms with Crippen molar-refractivity contribution in [2.45, 2.75) is 32.0 Å². The van der Waals surface area contributed by atoms with Crippen LogP contribution in [-0.2, 0) is 17.9 Å². The van der Waals surface area contributed by atoms with E-state index in [2.05, 4.69) is 15.3 Å². The van der Waals surface area contributed by atoms with E-state index in [1.54, 1.807) is 22.7 Å². The summed E-state index contributed by atoms with van der Waals surface area (Å²) in [7, 11) is 0. The van der Waals surface area contributed by atoms with Gasteiger partial charge in [-0.15, -0.1) is 11.3 Å². The molecule has 3 heterocycles. The highest BCUT2D eigenvalue weighted by Crippen LogP contribution is 2.34. The summed E-state index contributed by atoms with van der Waals surface area (Å²) in [6, 6.07) is 13.2. The van der Waals surface area contributed by atoms with E-state index in [1.807, 2.05) is 42.5 Å². The molecule has 1 aliphatic heterocycles. The molecule has 0 saturated carbocycles. The molecule has 0 radical (unpaired) electrons. The number of rotatable bonds is 6. The normalized spacial score (nSPS) is 15.7. The second-order valence-electron chi connectivity index (χ2n) is 7.01.